The van der Waals surface area contributed by atoms with Gasteiger partial charge in [0.05, 0.1) is 17.4 Å². The fourth-order valence-corrected chi connectivity index (χ4v) is 2.11. The average molecular weight is 230 g/mol. The first-order chi connectivity index (χ1) is 7.92. The molecule has 0 spiro atoms. The van der Waals surface area contributed by atoms with Gasteiger partial charge >= 0.3 is 0 Å². The minimum Gasteiger partial charge on any atom is -0.357 e. The van der Waals surface area contributed by atoms with Crippen LogP contribution < -0.4 is 5.32 Å². The van der Waals surface area contributed by atoms with Crippen LogP contribution in [0, 0.1) is 0 Å². The molecule has 1 aromatic carbocycles. The molecule has 2 heterocycles. The van der Waals surface area contributed by atoms with Gasteiger partial charge < -0.3 is 10.3 Å². The molecule has 4 nitrogen and oxygen atoms in total. The highest BCUT2D eigenvalue weighted by molar-refractivity contribution is 7.13. The molecular weight excluding hydrogens is 220 g/mol. The molecule has 0 fully saturated rings. The first-order valence-electron chi connectivity index (χ1n) is 4.97. The number of aromatic amines is 1. The summed E-state index contributed by atoms with van der Waals surface area (Å²) in [7, 11) is 0. The molecule has 3 aromatic rings. The van der Waals surface area contributed by atoms with Crippen LogP contribution in [-0.4, -0.2) is 15.0 Å². The number of fused-ring (bicyclic) bond motifs is 1. The number of H-pyrrole nitrogens is 1. The number of imidazole rings is 1. The predicted molar refractivity (Wildman–Crippen MR) is 65.5 cm³/mol. The fourth-order valence-electron chi connectivity index (χ4n) is 1.58. The third kappa shape index (κ3) is 1.77. The number of benzene rings is 1. The average Bonchev–Trinajstić information content (AvgIpc) is 2.97. The third-order valence-corrected chi connectivity index (χ3v) is 3.09. The van der Waals surface area contributed by atoms with Crippen LogP contribution in [0.5, 0.6) is 0 Å². The summed E-state index contributed by atoms with van der Waals surface area (Å²) in [5.41, 5.74) is 3.28. The van der Waals surface area contributed by atoms with Crippen molar-refractivity contribution in [2.24, 2.45) is 0 Å². The van der Waals surface area contributed by atoms with E-state index in [4.69, 9.17) is 0 Å². The summed E-state index contributed by atoms with van der Waals surface area (Å²) in [5, 5.41) is 6.18. The second-order valence-corrected chi connectivity index (χ2v) is 4.34. The molecule has 0 amide bonds. The Morgan fingerprint density at radius 2 is 2.31 bits per heavy atom. The molecular formula is C11H10N4S. The summed E-state index contributed by atoms with van der Waals surface area (Å²) in [6.45, 7) is 0.780. The van der Waals surface area contributed by atoms with Gasteiger partial charge in [-0.3, -0.25) is 0 Å². The number of hydrogen-bond acceptors (Lipinski definition) is 4. The fraction of sp³-hybridized carbons (Fsp3) is 0.0909. The summed E-state index contributed by atoms with van der Waals surface area (Å²) in [4.78, 5) is 11.5. The Morgan fingerprint density at radius 1 is 1.31 bits per heavy atom. The smallest absolute Gasteiger partial charge is 0.182 e. The zero-order chi connectivity index (χ0) is 10.8. The van der Waals surface area contributed by atoms with Gasteiger partial charge in [-0.15, -0.1) is 11.3 Å². The molecule has 5 heteroatoms. The SMILES string of the molecule is c1csc(NCc2ccc3nc[nH]c3c2)n1. The van der Waals surface area contributed by atoms with Crippen LogP contribution >= 0.6 is 11.3 Å². The Morgan fingerprint density at radius 3 is 3.19 bits per heavy atom. The molecule has 2 N–H and O–H groups in total. The summed E-state index contributed by atoms with van der Waals surface area (Å²) in [6.07, 6.45) is 3.51. The molecule has 0 radical (unpaired) electrons. The second-order valence-electron chi connectivity index (χ2n) is 3.44. The lowest BCUT2D eigenvalue weighted by Gasteiger charge is -2.02. The molecule has 0 aliphatic heterocycles. The number of aromatic nitrogens is 3. The van der Waals surface area contributed by atoms with Crippen LogP contribution in [0.1, 0.15) is 5.56 Å². The van der Waals surface area contributed by atoms with E-state index in [1.165, 1.54) is 5.56 Å². The summed E-state index contributed by atoms with van der Waals surface area (Å²) < 4.78 is 0. The number of anilines is 1. The van der Waals surface area contributed by atoms with Crippen molar-refractivity contribution in [3.05, 3.63) is 41.7 Å². The highest BCUT2D eigenvalue weighted by Crippen LogP contribution is 2.15. The van der Waals surface area contributed by atoms with E-state index in [1.54, 1.807) is 23.9 Å². The van der Waals surface area contributed by atoms with Crippen molar-refractivity contribution in [2.45, 2.75) is 6.54 Å². The van der Waals surface area contributed by atoms with E-state index < -0.39 is 0 Å². The first kappa shape index (κ1) is 9.35. The molecule has 0 unspecified atom stereocenters. The Balaban J connectivity index is 1.78. The molecule has 0 saturated carbocycles. The van der Waals surface area contributed by atoms with Crippen LogP contribution in [0.15, 0.2) is 36.1 Å². The highest BCUT2D eigenvalue weighted by atomic mass is 32.1. The topological polar surface area (TPSA) is 53.6 Å². The van der Waals surface area contributed by atoms with Crippen LogP contribution in [0.3, 0.4) is 0 Å². The van der Waals surface area contributed by atoms with Crippen molar-refractivity contribution in [1.29, 1.82) is 0 Å². The van der Waals surface area contributed by atoms with Gasteiger partial charge in [-0.1, -0.05) is 6.07 Å². The Labute approximate surface area is 96.4 Å². The van der Waals surface area contributed by atoms with Crippen molar-refractivity contribution in [3.63, 3.8) is 0 Å². The van der Waals surface area contributed by atoms with Crippen LogP contribution in [0.25, 0.3) is 11.0 Å². The molecule has 3 rings (SSSR count). The number of nitrogens with one attached hydrogen (secondary N) is 2. The summed E-state index contributed by atoms with van der Waals surface area (Å²) >= 11 is 1.61. The summed E-state index contributed by atoms with van der Waals surface area (Å²) in [5.74, 6) is 0. The van der Waals surface area contributed by atoms with Crippen molar-refractivity contribution < 1.29 is 0 Å². The van der Waals surface area contributed by atoms with E-state index >= 15 is 0 Å². The summed E-state index contributed by atoms with van der Waals surface area (Å²) in [6, 6.07) is 6.19. The highest BCUT2D eigenvalue weighted by Gasteiger charge is 1.99. The minimum absolute atomic E-state index is 0.780. The molecule has 0 aliphatic rings. The maximum atomic E-state index is 4.18. The molecule has 0 saturated heterocycles. The van der Waals surface area contributed by atoms with Gasteiger partial charge in [0, 0.05) is 18.1 Å². The van der Waals surface area contributed by atoms with Crippen molar-refractivity contribution >= 4 is 27.5 Å². The van der Waals surface area contributed by atoms with Crippen molar-refractivity contribution in [3.8, 4) is 0 Å². The lowest BCUT2D eigenvalue weighted by Crippen LogP contribution is -1.98. The molecule has 0 bridgehead atoms. The number of hydrogen-bond donors (Lipinski definition) is 2. The predicted octanol–water partition coefficient (Wildman–Crippen LogP) is 2.63. The van der Waals surface area contributed by atoms with Crippen molar-refractivity contribution in [1.82, 2.24) is 15.0 Å². The largest absolute Gasteiger partial charge is 0.357 e. The zero-order valence-electron chi connectivity index (χ0n) is 8.47. The van der Waals surface area contributed by atoms with E-state index in [0.717, 1.165) is 22.7 Å². The lowest BCUT2D eigenvalue weighted by molar-refractivity contribution is 1.14. The minimum atomic E-state index is 0.780. The standard InChI is InChI=1S/C11H10N4S/c1-2-9-10(15-7-14-9)5-8(1)6-13-11-12-3-4-16-11/h1-5,7H,6H2,(H,12,13)(H,14,15). The van der Waals surface area contributed by atoms with E-state index in [0.29, 0.717) is 0 Å². The maximum absolute atomic E-state index is 4.18. The Bertz CT molecular complexity index is 585. The molecule has 2 aromatic heterocycles. The number of thiazole rings is 1. The quantitative estimate of drug-likeness (QED) is 0.727. The normalized spacial score (nSPS) is 10.8. The van der Waals surface area contributed by atoms with Gasteiger partial charge in [-0.05, 0) is 17.7 Å². The number of rotatable bonds is 3. The van der Waals surface area contributed by atoms with E-state index in [1.807, 2.05) is 11.4 Å². The lowest BCUT2D eigenvalue weighted by atomic mass is 10.2. The zero-order valence-corrected chi connectivity index (χ0v) is 9.29. The van der Waals surface area contributed by atoms with E-state index in [-0.39, 0.29) is 0 Å². The molecule has 80 valence electrons. The molecule has 0 atom stereocenters. The Hall–Kier alpha value is -1.88. The van der Waals surface area contributed by atoms with Gasteiger partial charge in [-0.25, -0.2) is 9.97 Å². The van der Waals surface area contributed by atoms with Gasteiger partial charge in [0.15, 0.2) is 5.13 Å². The second kappa shape index (κ2) is 3.94. The first-order valence-corrected chi connectivity index (χ1v) is 5.85. The van der Waals surface area contributed by atoms with Crippen molar-refractivity contribution in [2.75, 3.05) is 5.32 Å². The van der Waals surface area contributed by atoms with E-state index in [2.05, 4.69) is 32.4 Å². The maximum Gasteiger partial charge on any atom is 0.182 e. The van der Waals surface area contributed by atoms with E-state index in [9.17, 15) is 0 Å². The monoisotopic (exact) mass is 230 g/mol. The number of nitrogens with zero attached hydrogens (tertiary/aromatic N) is 2. The van der Waals surface area contributed by atoms with Gasteiger partial charge in [0.2, 0.25) is 0 Å². The molecule has 16 heavy (non-hydrogen) atoms. The third-order valence-electron chi connectivity index (χ3n) is 2.36. The molecule has 0 aliphatic carbocycles. The van der Waals surface area contributed by atoms with Crippen LogP contribution in [0.4, 0.5) is 5.13 Å². The Kier molecular flexibility index (Phi) is 2.30. The van der Waals surface area contributed by atoms with Crippen LogP contribution in [0.2, 0.25) is 0 Å². The van der Waals surface area contributed by atoms with Crippen LogP contribution in [-0.2, 0) is 6.54 Å². The van der Waals surface area contributed by atoms with Gasteiger partial charge in [0.1, 0.15) is 0 Å². The van der Waals surface area contributed by atoms with Gasteiger partial charge in [0.25, 0.3) is 0 Å². The van der Waals surface area contributed by atoms with Gasteiger partial charge in [-0.2, -0.15) is 0 Å².